The van der Waals surface area contributed by atoms with Gasteiger partial charge in [-0.1, -0.05) is 0 Å². The fraction of sp³-hybridized carbons (Fsp3) is 0.538. The molecule has 7 heteroatoms. The van der Waals surface area contributed by atoms with Gasteiger partial charge in [-0.2, -0.15) is 9.99 Å². The Morgan fingerprint density at radius 1 is 1.30 bits per heavy atom. The van der Waals surface area contributed by atoms with Gasteiger partial charge in [-0.25, -0.2) is 0 Å². The predicted octanol–water partition coefficient (Wildman–Crippen LogP) is -6.88. The molecule has 0 radical (unpaired) electrons. The van der Waals surface area contributed by atoms with E-state index >= 15 is 0 Å². The quantitative estimate of drug-likeness (QED) is 0.559. The largest absolute Gasteiger partial charge is 1.00 e. The van der Waals surface area contributed by atoms with Crippen molar-refractivity contribution in [3.05, 3.63) is 23.9 Å². The lowest BCUT2D eigenvalue weighted by atomic mass is 10.0. The summed E-state index contributed by atoms with van der Waals surface area (Å²) in [5, 5.41) is 3.07. The monoisotopic (exact) mass is 318 g/mol. The van der Waals surface area contributed by atoms with E-state index in [2.05, 4.69) is 16.9 Å². The van der Waals surface area contributed by atoms with Crippen LogP contribution in [-0.2, 0) is 0 Å². The van der Waals surface area contributed by atoms with Crippen LogP contribution in [0.1, 0.15) is 23.2 Å². The molecule has 112 valence electrons. The molecule has 0 bridgehead atoms. The summed E-state index contributed by atoms with van der Waals surface area (Å²) in [4.78, 5) is 18.0. The highest BCUT2D eigenvalue weighted by Gasteiger charge is 2.46. The zero-order chi connectivity index (χ0) is 12.7. The van der Waals surface area contributed by atoms with Crippen molar-refractivity contribution in [3.63, 3.8) is 0 Å². The lowest BCUT2D eigenvalue weighted by Crippen LogP contribution is -3.11. The molecule has 0 aliphatic carbocycles. The van der Waals surface area contributed by atoms with Gasteiger partial charge in [-0.15, -0.1) is 5.01 Å². The Labute approximate surface area is 131 Å². The van der Waals surface area contributed by atoms with Crippen molar-refractivity contribution in [1.29, 1.82) is 0 Å². The van der Waals surface area contributed by atoms with Crippen molar-refractivity contribution < 1.29 is 39.6 Å². The van der Waals surface area contributed by atoms with Crippen molar-refractivity contribution in [3.8, 4) is 0 Å². The van der Waals surface area contributed by atoms with Crippen LogP contribution in [0.25, 0.3) is 0 Å². The van der Waals surface area contributed by atoms with Gasteiger partial charge >= 0.3 is 11.7 Å². The fourth-order valence-electron chi connectivity index (χ4n) is 3.01. The third-order valence-corrected chi connectivity index (χ3v) is 4.08. The van der Waals surface area contributed by atoms with Crippen LogP contribution in [0.5, 0.6) is 0 Å². The van der Waals surface area contributed by atoms with Gasteiger partial charge in [0.2, 0.25) is 0 Å². The van der Waals surface area contributed by atoms with Gasteiger partial charge in [0.1, 0.15) is 0 Å². The Kier molecular flexibility index (Phi) is 5.77. The summed E-state index contributed by atoms with van der Waals surface area (Å²) in [6.45, 7) is 2.14. The van der Waals surface area contributed by atoms with Gasteiger partial charge in [-0.3, -0.25) is 4.79 Å². The minimum Gasteiger partial charge on any atom is -1.00 e. The first-order chi connectivity index (χ1) is 8.68. The lowest BCUT2D eigenvalue weighted by molar-refractivity contribution is -0.951. The fourth-order valence-corrected chi connectivity index (χ4v) is 3.01. The molecule has 1 saturated heterocycles. The van der Waals surface area contributed by atoms with Crippen molar-refractivity contribution in [2.45, 2.75) is 18.9 Å². The average molecular weight is 319 g/mol. The van der Waals surface area contributed by atoms with Crippen molar-refractivity contribution in [1.82, 2.24) is 9.91 Å². The molecule has 2 aliphatic rings. The van der Waals surface area contributed by atoms with Crippen LogP contribution in [0, 0.1) is 0 Å². The standard InChI is InChI=1S/C13H18N4O.2ClH/c1-15-8-5-10(6-9-15)17-13(18)11-4-3-7-14-12(11)16(17)2;;/h3-4,7,10H,5-6,8-9H2,1-2H3;2*1H. The van der Waals surface area contributed by atoms with Crippen LogP contribution in [0.3, 0.4) is 0 Å². The summed E-state index contributed by atoms with van der Waals surface area (Å²) in [5.74, 6) is 1.15. The highest BCUT2D eigenvalue weighted by atomic mass is 35.5. The van der Waals surface area contributed by atoms with Crippen LogP contribution in [0.2, 0.25) is 0 Å². The number of nitrogens with zero attached hydrogens (tertiary/aromatic N) is 2. The number of H-pyrrole nitrogens is 1. The molecular formula is C13H20Cl2N4O. The van der Waals surface area contributed by atoms with Crippen LogP contribution in [0.15, 0.2) is 18.3 Å². The van der Waals surface area contributed by atoms with Crippen molar-refractivity contribution in [2.75, 3.05) is 27.2 Å². The maximum Gasteiger partial charge on any atom is 0.403 e. The second-order valence-electron chi connectivity index (χ2n) is 5.25. The summed E-state index contributed by atoms with van der Waals surface area (Å²) in [6, 6.07) is 4.16. The van der Waals surface area contributed by atoms with Gasteiger partial charge in [-0.05, 0) is 39.0 Å². The number of piperidine rings is 1. The Balaban J connectivity index is 0.000001000. The molecule has 1 aromatic heterocycles. The predicted molar refractivity (Wildman–Crippen MR) is 66.2 cm³/mol. The van der Waals surface area contributed by atoms with E-state index < -0.39 is 0 Å². The van der Waals surface area contributed by atoms with E-state index in [9.17, 15) is 4.79 Å². The number of fused-ring (bicyclic) bond motifs is 1. The SMILES string of the molecule is CN1CCC(N2C(=O)c3ccc[nH+]c3[NH+]2C)CC1.[Cl-].[Cl-]. The zero-order valence-corrected chi connectivity index (χ0v) is 13.2. The minimum atomic E-state index is 0. The molecule has 1 fully saturated rings. The molecule has 0 aromatic carbocycles. The highest BCUT2D eigenvalue weighted by molar-refractivity contribution is 5.98. The summed E-state index contributed by atoms with van der Waals surface area (Å²) < 4.78 is 0. The molecular weight excluding hydrogens is 299 g/mol. The van der Waals surface area contributed by atoms with Gasteiger partial charge in [0, 0.05) is 6.07 Å². The number of carbonyl (C=O) groups excluding carboxylic acids is 1. The van der Waals surface area contributed by atoms with E-state index in [4.69, 9.17) is 0 Å². The number of likely N-dealkylation sites (tertiary alicyclic amines) is 1. The normalized spacial score (nSPS) is 23.0. The van der Waals surface area contributed by atoms with Gasteiger partial charge in [0.15, 0.2) is 11.8 Å². The molecule has 5 nitrogen and oxygen atoms in total. The summed E-state index contributed by atoms with van der Waals surface area (Å²) in [5.41, 5.74) is 0.814. The Morgan fingerprint density at radius 2 is 1.95 bits per heavy atom. The molecule has 1 amide bonds. The summed E-state index contributed by atoms with van der Waals surface area (Å²) in [6.07, 6.45) is 4.01. The third kappa shape index (κ3) is 2.76. The molecule has 3 heterocycles. The molecule has 0 spiro atoms. The van der Waals surface area contributed by atoms with E-state index in [1.807, 2.05) is 30.4 Å². The Hall–Kier alpha value is -0.880. The lowest BCUT2D eigenvalue weighted by Gasteiger charge is -2.34. The van der Waals surface area contributed by atoms with Gasteiger partial charge < -0.3 is 29.7 Å². The smallest absolute Gasteiger partial charge is 0.403 e. The number of rotatable bonds is 1. The number of amides is 1. The molecule has 1 aromatic rings. The first-order valence-electron chi connectivity index (χ1n) is 6.55. The van der Waals surface area contributed by atoms with E-state index in [0.717, 1.165) is 42.3 Å². The molecule has 1 unspecified atom stereocenters. The number of carbonyl (C=O) groups is 1. The zero-order valence-electron chi connectivity index (χ0n) is 11.7. The summed E-state index contributed by atoms with van der Waals surface area (Å²) in [7, 11) is 4.18. The van der Waals surface area contributed by atoms with Crippen LogP contribution < -0.4 is 34.8 Å². The second-order valence-corrected chi connectivity index (χ2v) is 5.25. The molecule has 2 N–H and O–H groups in total. The minimum absolute atomic E-state index is 0. The molecule has 20 heavy (non-hydrogen) atoms. The molecule has 2 aliphatic heterocycles. The Bertz CT molecular complexity index is 477. The number of aromatic nitrogens is 1. The highest BCUT2D eigenvalue weighted by Crippen LogP contribution is 2.20. The number of halogens is 2. The Morgan fingerprint density at radius 3 is 2.55 bits per heavy atom. The van der Waals surface area contributed by atoms with E-state index in [-0.39, 0.29) is 30.7 Å². The molecule has 1 atom stereocenters. The van der Waals surface area contributed by atoms with Crippen molar-refractivity contribution in [2.24, 2.45) is 0 Å². The molecule has 3 rings (SSSR count). The maximum atomic E-state index is 12.5. The third-order valence-electron chi connectivity index (χ3n) is 4.08. The van der Waals surface area contributed by atoms with E-state index in [1.165, 1.54) is 0 Å². The van der Waals surface area contributed by atoms with Crippen LogP contribution >= 0.6 is 0 Å². The number of hydrogen-bond acceptors (Lipinski definition) is 2. The van der Waals surface area contributed by atoms with Gasteiger partial charge in [0.25, 0.3) is 0 Å². The topological polar surface area (TPSA) is 42.1 Å². The number of hydrogen-bond donors (Lipinski definition) is 1. The number of pyridine rings is 1. The first-order valence-corrected chi connectivity index (χ1v) is 6.55. The number of quaternary nitrogens is 1. The van der Waals surface area contributed by atoms with Crippen LogP contribution in [0.4, 0.5) is 5.82 Å². The maximum absolute atomic E-state index is 12.5. The van der Waals surface area contributed by atoms with E-state index in [0.29, 0.717) is 6.04 Å². The second kappa shape index (κ2) is 6.72. The van der Waals surface area contributed by atoms with Crippen molar-refractivity contribution >= 4 is 11.7 Å². The number of nitrogens with one attached hydrogen (secondary N) is 2. The van der Waals surface area contributed by atoms with Gasteiger partial charge in [0.05, 0.1) is 13.1 Å². The average Bonchev–Trinajstić information content (AvgIpc) is 2.64. The number of aromatic amines is 1. The van der Waals surface area contributed by atoms with E-state index in [1.54, 1.807) is 0 Å². The molecule has 0 saturated carbocycles. The first kappa shape index (κ1) is 17.2. The summed E-state index contributed by atoms with van der Waals surface area (Å²) >= 11 is 0. The van der Waals surface area contributed by atoms with Crippen LogP contribution in [-0.4, -0.2) is 49.0 Å².